The van der Waals surface area contributed by atoms with Crippen molar-refractivity contribution < 1.29 is 14.3 Å². The highest BCUT2D eigenvalue weighted by molar-refractivity contribution is 5.76. The molecule has 1 aromatic heterocycles. The van der Waals surface area contributed by atoms with Gasteiger partial charge in [-0.05, 0) is 48.9 Å². The van der Waals surface area contributed by atoms with Gasteiger partial charge in [0.05, 0.1) is 13.7 Å². The maximum Gasteiger partial charge on any atom is 0.316 e. The Bertz CT molecular complexity index is 731. The number of rotatable bonds is 7. The van der Waals surface area contributed by atoms with E-state index in [1.165, 1.54) is 0 Å². The number of methoxy groups -OCH3 is 1. The lowest BCUT2D eigenvalue weighted by Gasteiger charge is -2.32. The summed E-state index contributed by atoms with van der Waals surface area (Å²) in [5, 5.41) is 0. The first-order valence-electron chi connectivity index (χ1n) is 9.56. The molecular weight excluding hydrogens is 342 g/mol. The summed E-state index contributed by atoms with van der Waals surface area (Å²) in [6, 6.07) is 8.25. The van der Waals surface area contributed by atoms with Crippen LogP contribution in [-0.2, 0) is 17.6 Å². The Kier molecular flexibility index (Phi) is 6.63. The van der Waals surface area contributed by atoms with Gasteiger partial charge in [0.2, 0.25) is 5.91 Å². The van der Waals surface area contributed by atoms with Crippen molar-refractivity contribution >= 4 is 5.91 Å². The van der Waals surface area contributed by atoms with E-state index in [2.05, 4.69) is 16.9 Å². The molecule has 0 saturated carbocycles. The molecular formula is C21H27N3O3. The molecule has 1 fully saturated rings. The smallest absolute Gasteiger partial charge is 0.316 e. The third-order valence-corrected chi connectivity index (χ3v) is 4.88. The summed E-state index contributed by atoms with van der Waals surface area (Å²) >= 11 is 0. The predicted molar refractivity (Wildman–Crippen MR) is 103 cm³/mol. The Morgan fingerprint density at radius 2 is 1.93 bits per heavy atom. The van der Waals surface area contributed by atoms with Gasteiger partial charge in [-0.15, -0.1) is 0 Å². The molecule has 1 saturated heterocycles. The number of piperidine rings is 1. The van der Waals surface area contributed by atoms with Gasteiger partial charge in [-0.3, -0.25) is 4.79 Å². The molecule has 1 aliphatic rings. The van der Waals surface area contributed by atoms with Gasteiger partial charge in [0, 0.05) is 25.4 Å². The number of benzene rings is 1. The Morgan fingerprint density at radius 1 is 1.19 bits per heavy atom. The Hall–Kier alpha value is -2.63. The van der Waals surface area contributed by atoms with Crippen molar-refractivity contribution in [2.24, 2.45) is 0 Å². The van der Waals surface area contributed by atoms with Gasteiger partial charge in [-0.2, -0.15) is 0 Å². The standard InChI is InChI=1S/C21H27N3O3/c1-3-16-13-22-21(23-14-16)27-19-5-4-12-24(15-19)20(25)11-8-17-6-9-18(26-2)10-7-17/h6-7,9-10,13-14,19H,3-5,8,11-12,15H2,1-2H3. The van der Waals surface area contributed by atoms with Crippen molar-refractivity contribution in [3.05, 3.63) is 47.8 Å². The Balaban J connectivity index is 1.49. The van der Waals surface area contributed by atoms with Gasteiger partial charge in [0.15, 0.2) is 0 Å². The molecule has 0 aliphatic carbocycles. The second-order valence-electron chi connectivity index (χ2n) is 6.80. The summed E-state index contributed by atoms with van der Waals surface area (Å²) in [5.41, 5.74) is 2.22. The zero-order valence-corrected chi connectivity index (χ0v) is 16.1. The van der Waals surface area contributed by atoms with E-state index in [4.69, 9.17) is 9.47 Å². The van der Waals surface area contributed by atoms with Crippen LogP contribution in [0.15, 0.2) is 36.7 Å². The normalized spacial score (nSPS) is 16.8. The maximum absolute atomic E-state index is 12.6. The fourth-order valence-electron chi connectivity index (χ4n) is 3.20. The minimum Gasteiger partial charge on any atom is -0.497 e. The van der Waals surface area contributed by atoms with E-state index in [1.807, 2.05) is 29.2 Å². The van der Waals surface area contributed by atoms with Crippen molar-refractivity contribution in [2.45, 2.75) is 45.1 Å². The van der Waals surface area contributed by atoms with E-state index >= 15 is 0 Å². The molecule has 2 heterocycles. The molecule has 0 radical (unpaired) electrons. The minimum absolute atomic E-state index is 0.0452. The Morgan fingerprint density at radius 3 is 2.59 bits per heavy atom. The molecule has 27 heavy (non-hydrogen) atoms. The van der Waals surface area contributed by atoms with Crippen molar-refractivity contribution in [3.63, 3.8) is 0 Å². The van der Waals surface area contributed by atoms with Gasteiger partial charge in [0.25, 0.3) is 0 Å². The largest absolute Gasteiger partial charge is 0.497 e. The topological polar surface area (TPSA) is 64.5 Å². The molecule has 6 nitrogen and oxygen atoms in total. The average Bonchev–Trinajstić information content (AvgIpc) is 2.73. The molecule has 0 N–H and O–H groups in total. The van der Waals surface area contributed by atoms with Crippen molar-refractivity contribution in [2.75, 3.05) is 20.2 Å². The molecule has 1 aliphatic heterocycles. The average molecular weight is 369 g/mol. The maximum atomic E-state index is 12.6. The van der Waals surface area contributed by atoms with E-state index in [-0.39, 0.29) is 12.0 Å². The molecule has 1 amide bonds. The summed E-state index contributed by atoms with van der Waals surface area (Å²) < 4.78 is 11.1. The zero-order valence-electron chi connectivity index (χ0n) is 16.1. The van der Waals surface area contributed by atoms with Crippen LogP contribution >= 0.6 is 0 Å². The van der Waals surface area contributed by atoms with Crippen molar-refractivity contribution in [3.8, 4) is 11.8 Å². The number of carbonyl (C=O) groups excluding carboxylic acids is 1. The third-order valence-electron chi connectivity index (χ3n) is 4.88. The molecule has 3 rings (SSSR count). The lowest BCUT2D eigenvalue weighted by Crippen LogP contribution is -2.44. The second-order valence-corrected chi connectivity index (χ2v) is 6.80. The lowest BCUT2D eigenvalue weighted by molar-refractivity contribution is -0.133. The van der Waals surface area contributed by atoms with E-state index in [0.717, 1.165) is 49.1 Å². The third kappa shape index (κ3) is 5.42. The zero-order chi connectivity index (χ0) is 19.1. The number of amides is 1. The first kappa shape index (κ1) is 19.1. The summed E-state index contributed by atoms with van der Waals surface area (Å²) in [7, 11) is 1.65. The van der Waals surface area contributed by atoms with E-state index in [1.54, 1.807) is 19.5 Å². The number of hydrogen-bond acceptors (Lipinski definition) is 5. The number of ether oxygens (including phenoxy) is 2. The molecule has 144 valence electrons. The van der Waals surface area contributed by atoms with Gasteiger partial charge in [-0.1, -0.05) is 19.1 Å². The highest BCUT2D eigenvalue weighted by atomic mass is 16.5. The number of aromatic nitrogens is 2. The predicted octanol–water partition coefficient (Wildman–Crippen LogP) is 3.05. The van der Waals surface area contributed by atoms with Crippen LogP contribution in [0, 0.1) is 0 Å². The number of carbonyl (C=O) groups is 1. The quantitative estimate of drug-likeness (QED) is 0.750. The first-order valence-corrected chi connectivity index (χ1v) is 9.56. The summed E-state index contributed by atoms with van der Waals surface area (Å²) in [6.07, 6.45) is 7.53. The SMILES string of the molecule is CCc1cnc(OC2CCCN(C(=O)CCc3ccc(OC)cc3)C2)nc1. The van der Waals surface area contributed by atoms with Crippen LogP contribution in [0.2, 0.25) is 0 Å². The summed E-state index contributed by atoms with van der Waals surface area (Å²) in [6.45, 7) is 3.45. The van der Waals surface area contributed by atoms with Gasteiger partial charge in [-0.25, -0.2) is 9.97 Å². The number of aryl methyl sites for hydroxylation is 2. The first-order chi connectivity index (χ1) is 13.2. The van der Waals surface area contributed by atoms with Crippen LogP contribution in [0.4, 0.5) is 0 Å². The molecule has 1 atom stereocenters. The minimum atomic E-state index is -0.0452. The number of nitrogens with zero attached hydrogens (tertiary/aromatic N) is 3. The van der Waals surface area contributed by atoms with Gasteiger partial charge in [0.1, 0.15) is 11.9 Å². The molecule has 2 aromatic rings. The fourth-order valence-corrected chi connectivity index (χ4v) is 3.20. The van der Waals surface area contributed by atoms with Crippen LogP contribution in [0.3, 0.4) is 0 Å². The Labute approximate surface area is 160 Å². The van der Waals surface area contributed by atoms with Crippen LogP contribution < -0.4 is 9.47 Å². The number of hydrogen-bond donors (Lipinski definition) is 0. The van der Waals surface area contributed by atoms with Gasteiger partial charge >= 0.3 is 6.01 Å². The van der Waals surface area contributed by atoms with Crippen LogP contribution in [-0.4, -0.2) is 47.1 Å². The second kappa shape index (κ2) is 9.35. The highest BCUT2D eigenvalue weighted by Crippen LogP contribution is 2.18. The highest BCUT2D eigenvalue weighted by Gasteiger charge is 2.25. The van der Waals surface area contributed by atoms with Crippen LogP contribution in [0.25, 0.3) is 0 Å². The van der Waals surface area contributed by atoms with Crippen LogP contribution in [0.5, 0.6) is 11.8 Å². The lowest BCUT2D eigenvalue weighted by atomic mass is 10.1. The molecule has 0 bridgehead atoms. The number of likely N-dealkylation sites (tertiary alicyclic amines) is 1. The van der Waals surface area contributed by atoms with E-state index in [0.29, 0.717) is 19.0 Å². The monoisotopic (exact) mass is 369 g/mol. The van der Waals surface area contributed by atoms with Crippen molar-refractivity contribution in [1.82, 2.24) is 14.9 Å². The molecule has 0 spiro atoms. The van der Waals surface area contributed by atoms with Crippen molar-refractivity contribution in [1.29, 1.82) is 0 Å². The van der Waals surface area contributed by atoms with Crippen LogP contribution in [0.1, 0.15) is 37.3 Å². The van der Waals surface area contributed by atoms with Gasteiger partial charge < -0.3 is 14.4 Å². The summed E-state index contributed by atoms with van der Waals surface area (Å²) in [4.78, 5) is 23.0. The van der Waals surface area contributed by atoms with E-state index < -0.39 is 0 Å². The van der Waals surface area contributed by atoms with E-state index in [9.17, 15) is 4.79 Å². The molecule has 1 aromatic carbocycles. The molecule has 1 unspecified atom stereocenters. The molecule has 6 heteroatoms. The fraction of sp³-hybridized carbons (Fsp3) is 0.476. The summed E-state index contributed by atoms with van der Waals surface area (Å²) in [5.74, 6) is 0.997.